The Morgan fingerprint density at radius 2 is 0.922 bits per heavy atom. The summed E-state index contributed by atoms with van der Waals surface area (Å²) in [6.45, 7) is 16.2. The molecule has 0 aliphatic carbocycles. The van der Waals surface area contributed by atoms with Crippen LogP contribution in [0.25, 0.3) is 33.1 Å². The predicted octanol–water partition coefficient (Wildman–Crippen LogP) is 9.30. The van der Waals surface area contributed by atoms with Crippen molar-refractivity contribution in [2.75, 3.05) is 89.3 Å². The summed E-state index contributed by atoms with van der Waals surface area (Å²) < 4.78 is 69.1. The molecule has 2 saturated heterocycles. The van der Waals surface area contributed by atoms with E-state index in [2.05, 4.69) is 44.5 Å². The van der Waals surface area contributed by atoms with Gasteiger partial charge in [-0.2, -0.15) is 19.2 Å². The number of hydrogen-bond acceptors (Lipinski definition) is 20. The summed E-state index contributed by atoms with van der Waals surface area (Å²) in [6, 6.07) is 17.2. The minimum absolute atomic E-state index is 0.0129. The van der Waals surface area contributed by atoms with Gasteiger partial charge in [-0.3, -0.25) is 9.36 Å². The molecule has 0 saturated carbocycles. The smallest absolute Gasteiger partial charge is 0.226 e. The van der Waals surface area contributed by atoms with Gasteiger partial charge in [0.25, 0.3) is 0 Å². The lowest BCUT2D eigenvalue weighted by atomic mass is 9.89. The standard InChI is InChI=1S/2C32H39FN8O4/c2*1-19-9-21(16-39(15-19)22-14-35-40(17-22)18-32(2,3)42)29-37-30-24-11-25(33)28(45-6)12-26(24)36-31(41(30)38-29)34-13-20-7-8-23(43-4)10-27(20)44-5/h2*7-8,10-12,14,17,19,21,42H,9,13,15-16,18H2,1-6H3,(H,34,36). The van der Waals surface area contributed by atoms with Crippen molar-refractivity contribution in [2.45, 2.75) is 104 Å². The number of hydrogen-bond donors (Lipinski definition) is 4. The molecule has 4 atom stereocenters. The third-order valence-electron chi connectivity index (χ3n) is 16.1. The molecule has 24 nitrogen and oxygen atoms in total. The van der Waals surface area contributed by atoms with Gasteiger partial charge in [0.2, 0.25) is 11.9 Å². The van der Waals surface area contributed by atoms with E-state index < -0.39 is 22.8 Å². The van der Waals surface area contributed by atoms with Crippen LogP contribution in [-0.2, 0) is 26.2 Å². The maximum absolute atomic E-state index is 14.9. The van der Waals surface area contributed by atoms with Crippen LogP contribution >= 0.6 is 0 Å². The van der Waals surface area contributed by atoms with Gasteiger partial charge in [0.05, 0.1) is 102 Å². The minimum atomic E-state index is -0.869. The first kappa shape index (κ1) is 62.3. The fourth-order valence-electron chi connectivity index (χ4n) is 12.0. The van der Waals surface area contributed by atoms with Crippen molar-refractivity contribution in [1.29, 1.82) is 0 Å². The molecular formula is C64H78F2N16O8. The third kappa shape index (κ3) is 13.6. The first-order chi connectivity index (χ1) is 43.1. The van der Waals surface area contributed by atoms with E-state index in [0.29, 0.717) is 131 Å². The molecule has 90 heavy (non-hydrogen) atoms. The minimum Gasteiger partial charge on any atom is -0.497 e. The van der Waals surface area contributed by atoms with Gasteiger partial charge in [0, 0.05) is 110 Å². The van der Waals surface area contributed by atoms with Gasteiger partial charge in [0.15, 0.2) is 46.1 Å². The quantitative estimate of drug-likeness (QED) is 0.0555. The Hall–Kier alpha value is -9.30. The molecule has 2 aliphatic heterocycles. The average molecular weight is 1240 g/mol. The number of nitrogens with one attached hydrogen (secondary N) is 2. The summed E-state index contributed by atoms with van der Waals surface area (Å²) in [5, 5.41) is 47.2. The predicted molar refractivity (Wildman–Crippen MR) is 338 cm³/mol. The summed E-state index contributed by atoms with van der Waals surface area (Å²) >= 11 is 0. The molecule has 2 fully saturated rings. The largest absolute Gasteiger partial charge is 0.497 e. The molecule has 4 N–H and O–H groups in total. The molecule has 8 heterocycles. The molecule has 4 unspecified atom stereocenters. The number of aromatic nitrogens is 12. The maximum atomic E-state index is 14.9. The number of anilines is 4. The van der Waals surface area contributed by atoms with Gasteiger partial charge in [-0.25, -0.2) is 28.7 Å². The zero-order valence-electron chi connectivity index (χ0n) is 52.8. The van der Waals surface area contributed by atoms with Crippen molar-refractivity contribution in [3.63, 3.8) is 0 Å². The lowest BCUT2D eigenvalue weighted by Gasteiger charge is -2.36. The highest BCUT2D eigenvalue weighted by Gasteiger charge is 2.33. The van der Waals surface area contributed by atoms with Crippen molar-refractivity contribution in [2.24, 2.45) is 11.8 Å². The lowest BCUT2D eigenvalue weighted by molar-refractivity contribution is 0.0571. The summed E-state index contributed by atoms with van der Waals surface area (Å²) in [6.07, 6.45) is 9.39. The van der Waals surface area contributed by atoms with Gasteiger partial charge in [-0.1, -0.05) is 13.8 Å². The average Bonchev–Trinajstić information content (AvgIpc) is 2.11. The second-order valence-corrected chi connectivity index (χ2v) is 24.7. The molecule has 4 aromatic carbocycles. The summed E-state index contributed by atoms with van der Waals surface area (Å²) in [5.74, 6) is 4.91. The number of rotatable bonds is 20. The Bertz CT molecular complexity index is 3930. The van der Waals surface area contributed by atoms with Gasteiger partial charge >= 0.3 is 0 Å². The van der Waals surface area contributed by atoms with Crippen LogP contribution in [0.15, 0.2) is 85.5 Å². The van der Waals surface area contributed by atoms with E-state index in [1.807, 2.05) is 61.2 Å². The van der Waals surface area contributed by atoms with Crippen molar-refractivity contribution in [3.05, 3.63) is 120 Å². The Morgan fingerprint density at radius 1 is 0.522 bits per heavy atom. The topological polar surface area (TPSA) is 248 Å². The first-order valence-electron chi connectivity index (χ1n) is 29.9. The molecule has 0 radical (unpaired) electrons. The van der Waals surface area contributed by atoms with E-state index in [0.717, 1.165) is 48.4 Å². The second kappa shape index (κ2) is 25.7. The monoisotopic (exact) mass is 1240 g/mol. The van der Waals surface area contributed by atoms with Crippen LogP contribution in [-0.4, -0.2) is 149 Å². The van der Waals surface area contributed by atoms with Crippen LogP contribution in [0, 0.1) is 23.5 Å². The number of nitrogens with zero attached hydrogens (tertiary/aromatic N) is 14. The SMILES string of the molecule is COc1ccc(CNc2nc3cc(OC)c(F)cc3c3nc(C4CC(C)CN(c5cnn(CC(C)(C)O)c5)C4)nn23)c(OC)c1.COc1ccc(CNc2nc3cc(OC)c(F)cc3c3nc(C4CC(C)CN(c5cnn(CC(C)(C)O)c5)C4)nn23)c(OC)c1. The zero-order valence-corrected chi connectivity index (χ0v) is 52.8. The van der Waals surface area contributed by atoms with E-state index in [-0.39, 0.29) is 23.3 Å². The van der Waals surface area contributed by atoms with E-state index >= 15 is 0 Å². The number of benzene rings is 4. The first-order valence-corrected chi connectivity index (χ1v) is 29.9. The van der Waals surface area contributed by atoms with Gasteiger partial charge in [-0.05, 0) is 88.8 Å². The van der Waals surface area contributed by atoms with Crippen LogP contribution in [0.3, 0.4) is 0 Å². The molecule has 6 aromatic heterocycles. The van der Waals surface area contributed by atoms with E-state index in [1.54, 1.807) is 86.7 Å². The van der Waals surface area contributed by atoms with Gasteiger partial charge in [-0.15, -0.1) is 10.2 Å². The second-order valence-electron chi connectivity index (χ2n) is 24.7. The molecule has 476 valence electrons. The summed E-state index contributed by atoms with van der Waals surface area (Å²) in [7, 11) is 9.30. The highest BCUT2D eigenvalue weighted by atomic mass is 19.1. The normalized spacial score (nSPS) is 17.2. The lowest BCUT2D eigenvalue weighted by Crippen LogP contribution is -2.39. The highest BCUT2D eigenvalue weighted by molar-refractivity contribution is 5.94. The van der Waals surface area contributed by atoms with Crippen LogP contribution in [0.5, 0.6) is 34.5 Å². The molecule has 0 spiro atoms. The Balaban J connectivity index is 0.000000185. The van der Waals surface area contributed by atoms with Gasteiger partial charge in [0.1, 0.15) is 23.0 Å². The molecule has 12 rings (SSSR count). The third-order valence-corrected chi connectivity index (χ3v) is 16.1. The van der Waals surface area contributed by atoms with Crippen LogP contribution in [0.2, 0.25) is 0 Å². The van der Waals surface area contributed by atoms with Crippen LogP contribution < -0.4 is 48.9 Å². The Kier molecular flexibility index (Phi) is 17.8. The Morgan fingerprint density at radius 3 is 1.29 bits per heavy atom. The zero-order chi connectivity index (χ0) is 63.8. The number of ether oxygens (including phenoxy) is 6. The fourth-order valence-corrected chi connectivity index (χ4v) is 12.0. The fraction of sp³-hybridized carbons (Fsp3) is 0.438. The number of methoxy groups -OCH3 is 6. The van der Waals surface area contributed by atoms with E-state index in [4.69, 9.17) is 58.6 Å². The van der Waals surface area contributed by atoms with Crippen molar-refractivity contribution < 1.29 is 47.4 Å². The summed E-state index contributed by atoms with van der Waals surface area (Å²) in [4.78, 5) is 24.2. The van der Waals surface area contributed by atoms with Gasteiger partial charge < -0.3 is 59.1 Å². The van der Waals surface area contributed by atoms with Crippen molar-refractivity contribution in [3.8, 4) is 34.5 Å². The number of fused-ring (bicyclic) bond motifs is 6. The molecule has 10 aromatic rings. The van der Waals surface area contributed by atoms with Crippen molar-refractivity contribution in [1.82, 2.24) is 58.7 Å². The highest BCUT2D eigenvalue weighted by Crippen LogP contribution is 2.37. The summed E-state index contributed by atoms with van der Waals surface area (Å²) in [5.41, 5.74) is 4.08. The molecular weight excluding hydrogens is 1160 g/mol. The van der Waals surface area contributed by atoms with E-state index in [9.17, 15) is 19.0 Å². The molecule has 0 amide bonds. The number of halogens is 2. The van der Waals surface area contributed by atoms with Crippen LogP contribution in [0.4, 0.5) is 32.1 Å². The van der Waals surface area contributed by atoms with Crippen molar-refractivity contribution >= 4 is 56.4 Å². The maximum Gasteiger partial charge on any atom is 0.226 e. The number of aliphatic hydroxyl groups is 2. The van der Waals surface area contributed by atoms with Crippen LogP contribution in [0.1, 0.15) is 89.0 Å². The molecule has 0 bridgehead atoms. The van der Waals surface area contributed by atoms with E-state index in [1.165, 1.54) is 26.4 Å². The Labute approximate surface area is 519 Å². The number of piperidine rings is 2. The molecule has 26 heteroatoms. The molecule has 2 aliphatic rings.